The number of hydrogen-bond acceptors (Lipinski definition) is 19. The molecule has 0 radical (unpaired) electrons. The topological polar surface area (TPSA) is 266 Å². The highest BCUT2D eigenvalue weighted by molar-refractivity contribution is 5.91. The summed E-state index contributed by atoms with van der Waals surface area (Å²) < 4.78 is 54.3. The zero-order valence-electron chi connectivity index (χ0n) is 50.7. The first-order chi connectivity index (χ1) is 44.6. The number of carboxylic acids is 1. The molecule has 0 aromatic heterocycles. The summed E-state index contributed by atoms with van der Waals surface area (Å²) in [7, 11) is 0. The maximum atomic E-state index is 13.1. The van der Waals surface area contributed by atoms with Crippen molar-refractivity contribution in [3.63, 3.8) is 0 Å². The smallest absolute Gasteiger partial charge is 0.338 e. The summed E-state index contributed by atoms with van der Waals surface area (Å²) in [5.41, 5.74) is 6.08. The van der Waals surface area contributed by atoms with Gasteiger partial charge in [0.2, 0.25) is 0 Å². The van der Waals surface area contributed by atoms with Crippen molar-refractivity contribution in [2.75, 3.05) is 33.0 Å². The first-order valence-electron chi connectivity index (χ1n) is 30.1. The first kappa shape index (κ1) is 69.2. The van der Waals surface area contributed by atoms with Crippen molar-refractivity contribution in [3.8, 4) is 50.6 Å². The molecule has 0 saturated carbocycles. The van der Waals surface area contributed by atoms with Crippen LogP contribution in [0.25, 0.3) is 33.4 Å². The van der Waals surface area contributed by atoms with Crippen molar-refractivity contribution in [1.29, 1.82) is 0 Å². The van der Waals surface area contributed by atoms with E-state index in [2.05, 4.69) is 19.7 Å². The van der Waals surface area contributed by atoms with E-state index in [9.17, 15) is 43.2 Å². The SMILES string of the molecule is C=CC(=O)OCCCCCC(=O)Oc1ccc(-c2ccc(C(=O)O)cc2)cc1.C=CC(=O)OCCCCCC(=O)Oc1ccc(-c2ccc(C(=O)O[C@H]3COC4C3OC[C@H]4OC(=O)c3ccc(-c4ccc(OC(=O)CCCCCOC(=O)C=C)cc4)cc3)cc2)cc1. The lowest BCUT2D eigenvalue weighted by molar-refractivity contribution is -0.138. The highest BCUT2D eigenvalue weighted by atomic mass is 16.7. The van der Waals surface area contributed by atoms with Crippen molar-refractivity contribution < 1.29 is 95.6 Å². The average Bonchev–Trinajstić information content (AvgIpc) is 1.79. The maximum Gasteiger partial charge on any atom is 0.338 e. The third-order valence-corrected chi connectivity index (χ3v) is 14.4. The number of aromatic carboxylic acids is 1. The number of carboxylic acid groups (broad SMARTS) is 1. The van der Waals surface area contributed by atoms with Crippen molar-refractivity contribution in [2.24, 2.45) is 0 Å². The molecule has 4 atom stereocenters. The van der Waals surface area contributed by atoms with Crippen LogP contribution in [-0.4, -0.2) is 116 Å². The van der Waals surface area contributed by atoms with Crippen molar-refractivity contribution in [3.05, 3.63) is 200 Å². The summed E-state index contributed by atoms with van der Waals surface area (Å²) in [6.07, 6.45) is 7.56. The van der Waals surface area contributed by atoms with Crippen molar-refractivity contribution in [1.82, 2.24) is 0 Å². The third kappa shape index (κ3) is 22.3. The Kier molecular flexibility index (Phi) is 27.3. The van der Waals surface area contributed by atoms with E-state index in [0.717, 1.165) is 70.9 Å². The molecule has 20 nitrogen and oxygen atoms in total. The van der Waals surface area contributed by atoms with Gasteiger partial charge in [0.15, 0.2) is 12.2 Å². The summed E-state index contributed by atoms with van der Waals surface area (Å²) in [6.45, 7) is 11.1. The number of benzene rings is 6. The van der Waals surface area contributed by atoms with Crippen LogP contribution >= 0.6 is 0 Å². The van der Waals surface area contributed by atoms with Crippen LogP contribution in [0, 0.1) is 0 Å². The van der Waals surface area contributed by atoms with E-state index in [1.165, 1.54) is 0 Å². The summed E-state index contributed by atoms with van der Waals surface area (Å²) in [5, 5.41) is 8.93. The molecule has 2 aliphatic rings. The second-order valence-corrected chi connectivity index (χ2v) is 21.1. The van der Waals surface area contributed by atoms with Gasteiger partial charge in [-0.05, 0) is 164 Å². The number of rotatable bonds is 32. The van der Waals surface area contributed by atoms with E-state index in [1.54, 1.807) is 109 Å². The van der Waals surface area contributed by atoms with Crippen molar-refractivity contribution >= 4 is 53.7 Å². The van der Waals surface area contributed by atoms with E-state index in [1.807, 2.05) is 36.4 Å². The van der Waals surface area contributed by atoms with Gasteiger partial charge in [0.25, 0.3) is 0 Å². The van der Waals surface area contributed by atoms with Gasteiger partial charge in [0.1, 0.15) is 29.5 Å². The van der Waals surface area contributed by atoms with E-state index < -0.39 is 60.2 Å². The van der Waals surface area contributed by atoms with Gasteiger partial charge in [-0.3, -0.25) is 14.4 Å². The van der Waals surface area contributed by atoms with Gasteiger partial charge >= 0.3 is 53.7 Å². The molecule has 0 amide bonds. The number of carbonyl (C=O) groups is 9. The Morgan fingerprint density at radius 3 is 0.891 bits per heavy atom. The Balaban J connectivity index is 0.000000357. The predicted octanol–water partition coefficient (Wildman–Crippen LogP) is 12.2. The van der Waals surface area contributed by atoms with Crippen molar-refractivity contribution in [2.45, 2.75) is 101 Å². The monoisotopic (exact) mass is 1260 g/mol. The minimum atomic E-state index is -0.966. The van der Waals surface area contributed by atoms with Gasteiger partial charge < -0.3 is 52.5 Å². The molecule has 8 rings (SSSR count). The Morgan fingerprint density at radius 2 is 0.630 bits per heavy atom. The van der Waals surface area contributed by atoms with Crippen LogP contribution in [0.4, 0.5) is 0 Å². The van der Waals surface area contributed by atoms with Crippen LogP contribution in [-0.2, 0) is 61.9 Å². The summed E-state index contributed by atoms with van der Waals surface area (Å²) >= 11 is 0. The van der Waals surface area contributed by atoms with Gasteiger partial charge in [0, 0.05) is 37.5 Å². The standard InChI is InChI=1S/C50H50O14.C22H22O6/c1-3-43(51)57-29-9-5-7-11-45(53)61-39-25-21-35(22-26-39)33-13-17-37(18-14-33)49(55)63-41-31-59-48-42(32-60-47(41)48)64-50(56)38-19-15-34(16-20-38)36-23-27-40(28-24-36)62-46(54)12-8-6-10-30-58-44(52)4-2;1-2-20(23)27-15-5-3-4-6-21(24)28-19-13-11-17(12-14-19)16-7-9-18(10-8-16)22(25)26/h3-4,13-28,41-42,47-48H,1-2,5-12,29-32H2;2,7-14H,1,3-6,15H2,(H,25,26)/t41-,42+,47?,48?;. The lowest BCUT2D eigenvalue weighted by Crippen LogP contribution is -2.36. The predicted molar refractivity (Wildman–Crippen MR) is 336 cm³/mol. The number of carbonyl (C=O) groups excluding carboxylic acids is 8. The van der Waals surface area contributed by atoms with Crippen LogP contribution < -0.4 is 14.2 Å². The highest BCUT2D eigenvalue weighted by Gasteiger charge is 2.51. The quantitative estimate of drug-likeness (QED) is 0.0135. The van der Waals surface area contributed by atoms with Gasteiger partial charge in [-0.15, -0.1) is 0 Å². The molecular formula is C72H72O20. The lowest BCUT2D eigenvalue weighted by atomic mass is 10.0. The minimum absolute atomic E-state index is 0.0840. The number of hydrogen-bond donors (Lipinski definition) is 1. The number of unbranched alkanes of at least 4 members (excludes halogenated alkanes) is 6. The second kappa shape index (κ2) is 36.4. The van der Waals surface area contributed by atoms with Gasteiger partial charge in [0.05, 0.1) is 49.7 Å². The molecule has 2 fully saturated rings. The second-order valence-electron chi connectivity index (χ2n) is 21.1. The number of esters is 8. The molecule has 2 unspecified atom stereocenters. The minimum Gasteiger partial charge on any atom is -0.478 e. The Labute approximate surface area is 532 Å². The molecule has 0 aliphatic carbocycles. The van der Waals surface area contributed by atoms with Crippen LogP contribution in [0.15, 0.2) is 184 Å². The molecule has 2 heterocycles. The fourth-order valence-corrected chi connectivity index (χ4v) is 9.48. The normalized spacial score (nSPS) is 15.1. The van der Waals surface area contributed by atoms with E-state index in [0.29, 0.717) is 73.5 Å². The van der Waals surface area contributed by atoms with E-state index in [4.69, 9.17) is 52.5 Å². The van der Waals surface area contributed by atoms with E-state index >= 15 is 0 Å². The Morgan fingerprint density at radius 1 is 0.370 bits per heavy atom. The fourth-order valence-electron chi connectivity index (χ4n) is 9.48. The molecule has 0 bridgehead atoms. The number of fused-ring (bicyclic) bond motifs is 1. The molecule has 6 aromatic carbocycles. The molecule has 0 spiro atoms. The lowest BCUT2D eigenvalue weighted by Gasteiger charge is -2.17. The van der Waals surface area contributed by atoms with Gasteiger partial charge in [-0.2, -0.15) is 0 Å². The Hall–Kier alpha value is -10.3. The molecule has 20 heteroatoms. The molecule has 2 aliphatic heterocycles. The zero-order valence-corrected chi connectivity index (χ0v) is 50.7. The van der Waals surface area contributed by atoms with Crippen LogP contribution in [0.3, 0.4) is 0 Å². The van der Waals surface area contributed by atoms with Gasteiger partial charge in [-0.1, -0.05) is 92.5 Å². The van der Waals surface area contributed by atoms with E-state index in [-0.39, 0.29) is 69.2 Å². The fraction of sp³-hybridized carbons (Fsp3) is 0.292. The zero-order chi connectivity index (χ0) is 65.6. The average molecular weight is 1260 g/mol. The molecule has 480 valence electrons. The largest absolute Gasteiger partial charge is 0.478 e. The van der Waals surface area contributed by atoms with Crippen LogP contribution in [0.1, 0.15) is 108 Å². The highest BCUT2D eigenvalue weighted by Crippen LogP contribution is 2.33. The van der Waals surface area contributed by atoms with Crippen LogP contribution in [0.5, 0.6) is 17.2 Å². The summed E-state index contributed by atoms with van der Waals surface area (Å²) in [5.74, 6) is -3.16. The maximum absolute atomic E-state index is 13.1. The summed E-state index contributed by atoms with van der Waals surface area (Å²) in [6, 6.07) is 41.5. The molecular weight excluding hydrogens is 1180 g/mol. The molecule has 2 saturated heterocycles. The van der Waals surface area contributed by atoms with Gasteiger partial charge in [-0.25, -0.2) is 28.8 Å². The Bertz CT molecular complexity index is 3320. The van der Waals surface area contributed by atoms with Crippen LogP contribution in [0.2, 0.25) is 0 Å². The molecule has 6 aromatic rings. The third-order valence-electron chi connectivity index (χ3n) is 14.4. The first-order valence-corrected chi connectivity index (χ1v) is 30.1. The summed E-state index contributed by atoms with van der Waals surface area (Å²) in [4.78, 5) is 107. The molecule has 1 N–H and O–H groups in total. The molecule has 92 heavy (non-hydrogen) atoms. The number of ether oxygens (including phenoxy) is 10.